The molecule has 0 amide bonds. The van der Waals surface area contributed by atoms with Crippen LogP contribution in [0.25, 0.3) is 0 Å². The van der Waals surface area contributed by atoms with Gasteiger partial charge in [0.25, 0.3) is 10.0 Å². The smallest absolute Gasteiger partial charge is 0.256 e. The molecule has 0 aliphatic carbocycles. The summed E-state index contributed by atoms with van der Waals surface area (Å²) in [7, 11) is -3.30. The van der Waals surface area contributed by atoms with E-state index >= 15 is 0 Å². The van der Waals surface area contributed by atoms with Crippen LogP contribution in [0, 0.1) is 0 Å². The predicted octanol–water partition coefficient (Wildman–Crippen LogP) is 2.40. The lowest BCUT2D eigenvalue weighted by molar-refractivity contribution is 0.242. The van der Waals surface area contributed by atoms with Gasteiger partial charge in [-0.3, -0.25) is 0 Å². The summed E-state index contributed by atoms with van der Waals surface area (Å²) < 4.78 is 33.4. The van der Waals surface area contributed by atoms with E-state index < -0.39 is 10.0 Å². The van der Waals surface area contributed by atoms with Gasteiger partial charge in [-0.1, -0.05) is 12.1 Å². The van der Waals surface area contributed by atoms with Crippen molar-refractivity contribution in [3.63, 3.8) is 0 Å². The normalized spacial score (nSPS) is 23.9. The van der Waals surface area contributed by atoms with Gasteiger partial charge < -0.3 is 9.64 Å². The van der Waals surface area contributed by atoms with Crippen LogP contribution < -0.4 is 4.74 Å². The Morgan fingerprint density at radius 1 is 1.23 bits per heavy atom. The number of nitrogens with zero attached hydrogens (tertiary/aromatic N) is 2. The predicted molar refractivity (Wildman–Crippen MR) is 87.0 cm³/mol. The van der Waals surface area contributed by atoms with Crippen molar-refractivity contribution in [3.8, 4) is 5.75 Å². The van der Waals surface area contributed by atoms with Crippen molar-refractivity contribution < 1.29 is 13.2 Å². The van der Waals surface area contributed by atoms with Crippen LogP contribution in [-0.4, -0.2) is 44.1 Å². The molecule has 0 N–H and O–H groups in total. The van der Waals surface area contributed by atoms with E-state index in [0.29, 0.717) is 6.54 Å². The quantitative estimate of drug-likeness (QED) is 0.857. The van der Waals surface area contributed by atoms with E-state index in [0.717, 1.165) is 36.5 Å². The summed E-state index contributed by atoms with van der Waals surface area (Å²) >= 11 is 0. The van der Waals surface area contributed by atoms with Crippen molar-refractivity contribution >= 4 is 15.9 Å². The van der Waals surface area contributed by atoms with Gasteiger partial charge in [0, 0.05) is 19.0 Å². The molecular weight excluding hydrogens is 300 g/mol. The monoisotopic (exact) mass is 322 g/mol. The summed E-state index contributed by atoms with van der Waals surface area (Å²) in [6.07, 6.45) is 2.15. The second-order valence-corrected chi connectivity index (χ2v) is 7.91. The number of rotatable bonds is 3. The second kappa shape index (κ2) is 5.91. The summed E-state index contributed by atoms with van der Waals surface area (Å²) in [5.41, 5.74) is 1.11. The minimum atomic E-state index is -3.30. The minimum absolute atomic E-state index is 0.0666. The van der Waals surface area contributed by atoms with Crippen LogP contribution >= 0.6 is 0 Å². The maximum atomic E-state index is 11.8. The Hall–Kier alpha value is -1.56. The molecule has 3 rings (SSSR count). The molecule has 120 valence electrons. The summed E-state index contributed by atoms with van der Waals surface area (Å²) in [5, 5.41) is 0. The maximum Gasteiger partial charge on any atom is 0.256 e. The van der Waals surface area contributed by atoms with Crippen molar-refractivity contribution in [2.45, 2.75) is 38.7 Å². The van der Waals surface area contributed by atoms with E-state index in [9.17, 15) is 8.42 Å². The Morgan fingerprint density at radius 2 is 1.95 bits per heavy atom. The van der Waals surface area contributed by atoms with E-state index in [-0.39, 0.29) is 17.8 Å². The topological polar surface area (TPSA) is 59.0 Å². The molecule has 2 heterocycles. The zero-order valence-corrected chi connectivity index (χ0v) is 13.8. The number of hydrogen-bond donors (Lipinski definition) is 0. The highest BCUT2D eigenvalue weighted by Crippen LogP contribution is 2.32. The molecule has 1 aromatic rings. The molecule has 1 unspecified atom stereocenters. The molecule has 1 saturated heterocycles. The van der Waals surface area contributed by atoms with Crippen molar-refractivity contribution in [2.24, 2.45) is 4.40 Å². The number of amidine groups is 1. The maximum absolute atomic E-state index is 11.8. The van der Waals surface area contributed by atoms with Gasteiger partial charge in [0.1, 0.15) is 11.6 Å². The fourth-order valence-corrected chi connectivity index (χ4v) is 4.15. The van der Waals surface area contributed by atoms with E-state index in [2.05, 4.69) is 9.30 Å². The molecule has 0 radical (unpaired) electrons. The van der Waals surface area contributed by atoms with Gasteiger partial charge >= 0.3 is 0 Å². The third kappa shape index (κ3) is 3.27. The van der Waals surface area contributed by atoms with Gasteiger partial charge in [-0.25, -0.2) is 8.42 Å². The summed E-state index contributed by atoms with van der Waals surface area (Å²) in [6, 6.07) is 7.95. The van der Waals surface area contributed by atoms with E-state index in [1.54, 1.807) is 0 Å². The molecule has 1 atom stereocenters. The Bertz CT molecular complexity index is 665. The molecule has 1 aromatic carbocycles. The zero-order chi connectivity index (χ0) is 15.7. The van der Waals surface area contributed by atoms with Crippen LogP contribution in [0.1, 0.15) is 38.2 Å². The molecule has 6 heteroatoms. The SMILES string of the molecule is CC(C)Oc1ccc(C2CCCN3CCS(=O)(=O)N=C23)cc1. The summed E-state index contributed by atoms with van der Waals surface area (Å²) in [4.78, 5) is 2.12. The Morgan fingerprint density at radius 3 is 2.64 bits per heavy atom. The van der Waals surface area contributed by atoms with Crippen LogP contribution in [0.2, 0.25) is 0 Å². The van der Waals surface area contributed by atoms with Crippen LogP contribution in [-0.2, 0) is 10.0 Å². The number of fused-ring (bicyclic) bond motifs is 1. The summed E-state index contributed by atoms with van der Waals surface area (Å²) in [6.45, 7) is 5.45. The first kappa shape index (κ1) is 15.3. The number of sulfonamides is 1. The number of piperidine rings is 1. The average molecular weight is 322 g/mol. The molecule has 22 heavy (non-hydrogen) atoms. The zero-order valence-electron chi connectivity index (χ0n) is 13.0. The lowest BCUT2D eigenvalue weighted by Gasteiger charge is -2.37. The molecule has 5 nitrogen and oxygen atoms in total. The Balaban J connectivity index is 1.88. The first-order valence-corrected chi connectivity index (χ1v) is 9.39. The van der Waals surface area contributed by atoms with Gasteiger partial charge in [0.2, 0.25) is 0 Å². The molecule has 2 aliphatic heterocycles. The van der Waals surface area contributed by atoms with Crippen molar-refractivity contribution in [3.05, 3.63) is 29.8 Å². The van der Waals surface area contributed by atoms with Gasteiger partial charge in [0.15, 0.2) is 0 Å². The molecule has 0 spiro atoms. The van der Waals surface area contributed by atoms with E-state index in [1.807, 2.05) is 38.1 Å². The average Bonchev–Trinajstić information content (AvgIpc) is 2.46. The highest BCUT2D eigenvalue weighted by Gasteiger charge is 2.33. The first-order chi connectivity index (χ1) is 10.4. The van der Waals surface area contributed by atoms with Crippen LogP contribution in [0.4, 0.5) is 0 Å². The third-order valence-corrected chi connectivity index (χ3v) is 5.23. The second-order valence-electron chi connectivity index (χ2n) is 6.15. The highest BCUT2D eigenvalue weighted by atomic mass is 32.2. The van der Waals surface area contributed by atoms with Gasteiger partial charge in [-0.05, 0) is 44.4 Å². The Labute approximate surface area is 132 Å². The third-order valence-electron chi connectivity index (χ3n) is 4.06. The van der Waals surface area contributed by atoms with Crippen molar-refractivity contribution in [1.29, 1.82) is 0 Å². The van der Waals surface area contributed by atoms with Gasteiger partial charge in [-0.15, -0.1) is 4.40 Å². The first-order valence-electron chi connectivity index (χ1n) is 7.79. The minimum Gasteiger partial charge on any atom is -0.491 e. The lowest BCUT2D eigenvalue weighted by atomic mass is 9.89. The highest BCUT2D eigenvalue weighted by molar-refractivity contribution is 7.90. The number of ether oxygens (including phenoxy) is 1. The van der Waals surface area contributed by atoms with E-state index in [4.69, 9.17) is 4.74 Å². The summed E-state index contributed by atoms with van der Waals surface area (Å²) in [5.74, 6) is 1.75. The number of hydrogen-bond acceptors (Lipinski definition) is 4. The van der Waals surface area contributed by atoms with Crippen LogP contribution in [0.5, 0.6) is 5.75 Å². The Kier molecular flexibility index (Phi) is 4.12. The fourth-order valence-electron chi connectivity index (χ4n) is 3.08. The molecule has 0 bridgehead atoms. The largest absolute Gasteiger partial charge is 0.491 e. The molecule has 0 aromatic heterocycles. The lowest BCUT2D eigenvalue weighted by Crippen LogP contribution is -2.46. The standard InChI is InChI=1S/C16H22N2O3S/c1-12(2)21-14-7-5-13(6-8-14)15-4-3-9-18-10-11-22(19,20)17-16(15)18/h5-8,12,15H,3-4,9-11H2,1-2H3. The van der Waals surface area contributed by atoms with Gasteiger partial charge in [0.05, 0.1) is 11.9 Å². The van der Waals surface area contributed by atoms with Crippen molar-refractivity contribution in [1.82, 2.24) is 4.90 Å². The molecular formula is C16H22N2O3S. The van der Waals surface area contributed by atoms with Gasteiger partial charge in [-0.2, -0.15) is 0 Å². The van der Waals surface area contributed by atoms with Crippen LogP contribution in [0.15, 0.2) is 28.7 Å². The molecule has 2 aliphatic rings. The molecule has 0 saturated carbocycles. The molecule has 1 fully saturated rings. The van der Waals surface area contributed by atoms with E-state index in [1.165, 1.54) is 0 Å². The fraction of sp³-hybridized carbons (Fsp3) is 0.562. The van der Waals surface area contributed by atoms with Crippen molar-refractivity contribution in [2.75, 3.05) is 18.8 Å². The number of benzene rings is 1. The van der Waals surface area contributed by atoms with Crippen LogP contribution in [0.3, 0.4) is 0 Å².